The molecular formula is C20H20N2O8S. The molecule has 2 aromatic carbocycles. The second kappa shape index (κ2) is 8.76. The third-order valence-corrected chi connectivity index (χ3v) is 5.51. The molecule has 1 heterocycles. The van der Waals surface area contributed by atoms with E-state index in [-0.39, 0.29) is 42.2 Å². The molecule has 1 aliphatic rings. The molecule has 31 heavy (non-hydrogen) atoms. The minimum absolute atomic E-state index is 0.0448. The summed E-state index contributed by atoms with van der Waals surface area (Å²) in [5.74, 6) is -1.85. The van der Waals surface area contributed by atoms with Gasteiger partial charge in [-0.25, -0.2) is 4.79 Å². The van der Waals surface area contributed by atoms with Crippen molar-refractivity contribution in [2.75, 3.05) is 32.1 Å². The minimum atomic E-state index is -4.66. The Morgan fingerprint density at radius 3 is 2.48 bits per heavy atom. The van der Waals surface area contributed by atoms with Gasteiger partial charge in [0.15, 0.2) is 0 Å². The number of amides is 1. The van der Waals surface area contributed by atoms with Crippen LogP contribution < -0.4 is 5.32 Å². The number of methoxy groups -OCH3 is 1. The van der Waals surface area contributed by atoms with Crippen molar-refractivity contribution in [3.63, 3.8) is 0 Å². The summed E-state index contributed by atoms with van der Waals surface area (Å²) >= 11 is 0. The molecule has 0 saturated heterocycles. The Kier molecular flexibility index (Phi) is 6.29. The standard InChI is InChI=1S/C20H20N2O8S/c1-30-20(26)15-11-22(7-8-23)19(25)17(15)21-16-10-13(31(27,28)29)9-14(18(16)24)12-5-3-2-4-6-12/h2-6,9-10,21,23-24H,7-8,11H2,1H3,(H,27,28,29). The first-order valence-electron chi connectivity index (χ1n) is 9.06. The number of phenolic OH excluding ortho intramolecular Hbond substituents is 1. The Morgan fingerprint density at radius 1 is 1.23 bits per heavy atom. The number of nitrogens with one attached hydrogen (secondary N) is 1. The highest BCUT2D eigenvalue weighted by molar-refractivity contribution is 7.85. The summed E-state index contributed by atoms with van der Waals surface area (Å²) in [5, 5.41) is 22.6. The molecular weight excluding hydrogens is 428 g/mol. The van der Waals surface area contributed by atoms with E-state index in [2.05, 4.69) is 5.32 Å². The van der Waals surface area contributed by atoms with Crippen molar-refractivity contribution in [3.8, 4) is 16.9 Å². The number of aliphatic hydroxyl groups excluding tert-OH is 1. The van der Waals surface area contributed by atoms with E-state index in [1.54, 1.807) is 30.3 Å². The maximum Gasteiger partial charge on any atom is 0.337 e. The van der Waals surface area contributed by atoms with Crippen molar-refractivity contribution < 1.29 is 37.5 Å². The Bertz CT molecular complexity index is 1160. The highest BCUT2D eigenvalue weighted by Gasteiger charge is 2.35. The van der Waals surface area contributed by atoms with Crippen molar-refractivity contribution in [2.24, 2.45) is 0 Å². The van der Waals surface area contributed by atoms with Crippen LogP contribution in [0.1, 0.15) is 0 Å². The van der Waals surface area contributed by atoms with E-state index in [4.69, 9.17) is 9.84 Å². The summed E-state index contributed by atoms with van der Waals surface area (Å²) in [6.07, 6.45) is 0. The number of hydrogen-bond acceptors (Lipinski definition) is 8. The molecule has 2 aromatic rings. The lowest BCUT2D eigenvalue weighted by Crippen LogP contribution is -2.31. The van der Waals surface area contributed by atoms with Gasteiger partial charge in [0.05, 0.1) is 36.4 Å². The largest absolute Gasteiger partial charge is 0.505 e. The van der Waals surface area contributed by atoms with Gasteiger partial charge >= 0.3 is 5.97 Å². The zero-order chi connectivity index (χ0) is 22.8. The quantitative estimate of drug-likeness (QED) is 0.276. The number of carbonyl (C=O) groups excluding carboxylic acids is 2. The number of benzene rings is 2. The van der Waals surface area contributed by atoms with E-state index in [1.807, 2.05) is 0 Å². The minimum Gasteiger partial charge on any atom is -0.505 e. The topological polar surface area (TPSA) is 153 Å². The molecule has 11 heteroatoms. The number of nitrogens with zero attached hydrogens (tertiary/aromatic N) is 1. The summed E-state index contributed by atoms with van der Waals surface area (Å²) in [7, 11) is -3.53. The van der Waals surface area contributed by atoms with Crippen LogP contribution in [0.4, 0.5) is 5.69 Å². The number of esters is 1. The van der Waals surface area contributed by atoms with Crippen molar-refractivity contribution in [3.05, 3.63) is 53.7 Å². The summed E-state index contributed by atoms with van der Waals surface area (Å²) in [6, 6.07) is 10.4. The van der Waals surface area contributed by atoms with Crippen LogP contribution in [0.5, 0.6) is 5.75 Å². The third kappa shape index (κ3) is 4.53. The Morgan fingerprint density at radius 2 is 1.90 bits per heavy atom. The van der Waals surface area contributed by atoms with Crippen LogP contribution in [0.3, 0.4) is 0 Å². The van der Waals surface area contributed by atoms with E-state index in [0.717, 1.165) is 19.2 Å². The highest BCUT2D eigenvalue weighted by Crippen LogP contribution is 2.39. The fraction of sp³-hybridized carbons (Fsp3) is 0.200. The van der Waals surface area contributed by atoms with Gasteiger partial charge in [-0.2, -0.15) is 8.42 Å². The fourth-order valence-corrected chi connectivity index (χ4v) is 3.71. The van der Waals surface area contributed by atoms with E-state index in [0.29, 0.717) is 5.56 Å². The molecule has 1 aliphatic heterocycles. The van der Waals surface area contributed by atoms with Crippen LogP contribution in [0.2, 0.25) is 0 Å². The first kappa shape index (κ1) is 22.3. The molecule has 0 bridgehead atoms. The number of hydrogen-bond donors (Lipinski definition) is 4. The van der Waals surface area contributed by atoms with Gasteiger partial charge in [-0.3, -0.25) is 9.35 Å². The Hall–Kier alpha value is -3.41. The number of phenols is 1. The second-order valence-electron chi connectivity index (χ2n) is 6.63. The lowest BCUT2D eigenvalue weighted by molar-refractivity contribution is -0.136. The summed E-state index contributed by atoms with van der Waals surface area (Å²) in [4.78, 5) is 25.5. The molecule has 164 valence electrons. The van der Waals surface area contributed by atoms with Crippen molar-refractivity contribution >= 4 is 27.7 Å². The summed E-state index contributed by atoms with van der Waals surface area (Å²) < 4.78 is 37.8. The predicted molar refractivity (Wildman–Crippen MR) is 110 cm³/mol. The molecule has 10 nitrogen and oxygen atoms in total. The molecule has 0 saturated carbocycles. The number of carbonyl (C=O) groups is 2. The maximum absolute atomic E-state index is 12.7. The van der Waals surface area contributed by atoms with E-state index < -0.39 is 32.6 Å². The van der Waals surface area contributed by atoms with E-state index in [9.17, 15) is 27.7 Å². The van der Waals surface area contributed by atoms with Gasteiger partial charge in [0.25, 0.3) is 16.0 Å². The van der Waals surface area contributed by atoms with Gasteiger partial charge in [0.2, 0.25) is 0 Å². The molecule has 0 unspecified atom stereocenters. The van der Waals surface area contributed by atoms with E-state index >= 15 is 0 Å². The lowest BCUT2D eigenvalue weighted by atomic mass is 10.0. The molecule has 3 rings (SSSR count). The van der Waals surface area contributed by atoms with Crippen LogP contribution in [0.15, 0.2) is 58.6 Å². The summed E-state index contributed by atoms with van der Waals surface area (Å²) in [5.41, 5.74) is 0.0250. The second-order valence-corrected chi connectivity index (χ2v) is 8.05. The van der Waals surface area contributed by atoms with Crippen LogP contribution in [-0.2, 0) is 24.4 Å². The van der Waals surface area contributed by atoms with Crippen LogP contribution in [0, 0.1) is 0 Å². The number of aromatic hydroxyl groups is 1. The molecule has 0 fully saturated rings. The first-order valence-corrected chi connectivity index (χ1v) is 10.5. The Labute approximate surface area is 178 Å². The highest BCUT2D eigenvalue weighted by atomic mass is 32.2. The molecule has 0 atom stereocenters. The molecule has 0 aliphatic carbocycles. The number of β-amino-alcohol motifs (C(OH)–C–C–N with tert-alkyl or cyclic N) is 1. The fourth-order valence-electron chi connectivity index (χ4n) is 3.17. The molecule has 0 spiro atoms. The van der Waals surface area contributed by atoms with E-state index in [1.165, 1.54) is 4.90 Å². The third-order valence-electron chi connectivity index (χ3n) is 4.68. The van der Waals surface area contributed by atoms with Crippen LogP contribution in [0.25, 0.3) is 11.1 Å². The lowest BCUT2D eigenvalue weighted by Gasteiger charge is -2.17. The number of aliphatic hydroxyl groups is 1. The monoisotopic (exact) mass is 448 g/mol. The molecule has 4 N–H and O–H groups in total. The van der Waals surface area contributed by atoms with Crippen molar-refractivity contribution in [1.82, 2.24) is 4.90 Å². The normalized spacial score (nSPS) is 14.2. The summed E-state index contributed by atoms with van der Waals surface area (Å²) in [6.45, 7) is -0.523. The first-order chi connectivity index (χ1) is 14.7. The molecule has 0 aromatic heterocycles. The average Bonchev–Trinajstić information content (AvgIpc) is 3.04. The number of ether oxygens (including phenoxy) is 1. The van der Waals surface area contributed by atoms with Crippen molar-refractivity contribution in [1.29, 1.82) is 0 Å². The number of rotatable bonds is 7. The zero-order valence-corrected chi connectivity index (χ0v) is 17.2. The van der Waals surface area contributed by atoms with Crippen LogP contribution >= 0.6 is 0 Å². The number of anilines is 1. The SMILES string of the molecule is COC(=O)C1=C(Nc2cc(S(=O)(=O)O)cc(-c3ccccc3)c2O)C(=O)N(CCO)C1. The van der Waals surface area contributed by atoms with Gasteiger partial charge in [-0.15, -0.1) is 0 Å². The smallest absolute Gasteiger partial charge is 0.337 e. The van der Waals surface area contributed by atoms with Crippen molar-refractivity contribution in [2.45, 2.75) is 4.90 Å². The predicted octanol–water partition coefficient (Wildman–Crippen LogP) is 0.979. The Balaban J connectivity index is 2.15. The molecule has 0 radical (unpaired) electrons. The van der Waals surface area contributed by atoms with Gasteiger partial charge < -0.3 is 25.2 Å². The van der Waals surface area contributed by atoms with Gasteiger partial charge in [-0.1, -0.05) is 30.3 Å². The zero-order valence-electron chi connectivity index (χ0n) is 16.4. The van der Waals surface area contributed by atoms with Gasteiger partial charge in [0.1, 0.15) is 11.4 Å². The maximum atomic E-state index is 12.7. The molecule has 1 amide bonds. The average molecular weight is 448 g/mol. The van der Waals surface area contributed by atoms with Gasteiger partial charge in [-0.05, 0) is 17.7 Å². The van der Waals surface area contributed by atoms with Gasteiger partial charge in [0, 0.05) is 12.1 Å². The van der Waals surface area contributed by atoms with Crippen LogP contribution in [-0.4, -0.2) is 66.8 Å².